The minimum Gasteiger partial charge on any atom is -0.440 e. The third-order valence-electron chi connectivity index (χ3n) is 9.41. The number of imidazole rings is 2. The van der Waals surface area contributed by atoms with Crippen LogP contribution in [0.3, 0.4) is 0 Å². The van der Waals surface area contributed by atoms with Crippen LogP contribution < -0.4 is 9.47 Å². The van der Waals surface area contributed by atoms with Crippen LogP contribution in [-0.4, -0.2) is 28.5 Å². The average molecular weight is 625 g/mol. The van der Waals surface area contributed by atoms with Gasteiger partial charge in [-0.25, -0.2) is 4.98 Å². The first-order valence-corrected chi connectivity index (χ1v) is 16.0. The van der Waals surface area contributed by atoms with Crippen molar-refractivity contribution in [3.8, 4) is 34.9 Å². The maximum Gasteiger partial charge on any atom is 0.223 e. The summed E-state index contributed by atoms with van der Waals surface area (Å²) in [5.74, 6) is 3.97. The summed E-state index contributed by atoms with van der Waals surface area (Å²) in [5, 5.41) is 1.01. The summed E-state index contributed by atoms with van der Waals surface area (Å²) in [5.41, 5.74) is 7.66. The highest BCUT2D eigenvalue weighted by atomic mass is 16.5. The van der Waals surface area contributed by atoms with Gasteiger partial charge < -0.3 is 9.47 Å². The van der Waals surface area contributed by atoms with Crippen LogP contribution in [0.2, 0.25) is 0 Å². The summed E-state index contributed by atoms with van der Waals surface area (Å²) >= 11 is 0. The fourth-order valence-electron chi connectivity index (χ4n) is 7.27. The predicted octanol–water partition coefficient (Wildman–Crippen LogP) is 9.39. The number of hydrogen-bond acceptors (Lipinski definition) is 5. The molecule has 5 aromatic heterocycles. The van der Waals surface area contributed by atoms with Crippen molar-refractivity contribution in [2.45, 2.75) is 19.3 Å². The third kappa shape index (κ3) is 3.74. The molecule has 6 heterocycles. The molecule has 0 radical (unpaired) electrons. The molecule has 0 atom stereocenters. The van der Waals surface area contributed by atoms with E-state index in [2.05, 4.69) is 75.9 Å². The van der Waals surface area contributed by atoms with E-state index in [1.165, 1.54) is 0 Å². The van der Waals surface area contributed by atoms with E-state index < -0.39 is 0 Å². The lowest BCUT2D eigenvalue weighted by atomic mass is 9.76. The van der Waals surface area contributed by atoms with Gasteiger partial charge in [-0.15, -0.1) is 0 Å². The van der Waals surface area contributed by atoms with Crippen molar-refractivity contribution in [3.05, 3.63) is 145 Å². The molecule has 0 saturated carbocycles. The lowest BCUT2D eigenvalue weighted by Crippen LogP contribution is -2.24. The summed E-state index contributed by atoms with van der Waals surface area (Å²) in [6.07, 6.45) is 0. The first kappa shape index (κ1) is 26.8. The van der Waals surface area contributed by atoms with Crippen LogP contribution in [-0.2, 0) is 5.41 Å². The van der Waals surface area contributed by atoms with Gasteiger partial charge in [-0.1, -0.05) is 80.6 Å². The number of para-hydroxylation sites is 6. The average Bonchev–Trinajstić information content (AvgIpc) is 3.75. The second-order valence-electron chi connectivity index (χ2n) is 12.6. The number of hydrogen-bond donors (Lipinski definition) is 0. The van der Waals surface area contributed by atoms with Crippen LogP contribution >= 0.6 is 0 Å². The summed E-state index contributed by atoms with van der Waals surface area (Å²) in [7, 11) is 0. The Labute approximate surface area is 275 Å². The Hall–Kier alpha value is -6.41. The molecule has 9 aromatic rings. The Bertz CT molecular complexity index is 2720. The first-order chi connectivity index (χ1) is 23.6. The molecular formula is C40H28N6O2. The molecule has 0 unspecified atom stereocenters. The van der Waals surface area contributed by atoms with E-state index in [0.29, 0.717) is 17.6 Å². The maximum atomic E-state index is 6.65. The molecule has 0 N–H and O–H groups in total. The second kappa shape index (κ2) is 9.80. The van der Waals surface area contributed by atoms with E-state index in [-0.39, 0.29) is 5.41 Å². The van der Waals surface area contributed by atoms with E-state index in [9.17, 15) is 0 Å². The lowest BCUT2D eigenvalue weighted by molar-refractivity contribution is 0.399. The molecule has 0 aliphatic carbocycles. The standard InChI is InChI=1S/C40H28N6O2/c1-40(2)27-15-6-11-20-32(27)47-38-36(40)26-23-24-35(43-37(26)44(38)25-13-4-3-5-14-25)48-34-22-12-21-33(42-34)46-31-19-10-9-18-30(31)45-29-17-8-7-16-28(29)41-39(45)46/h3-24H,1-2H3. The van der Waals surface area contributed by atoms with Crippen molar-refractivity contribution in [2.75, 3.05) is 0 Å². The summed E-state index contributed by atoms with van der Waals surface area (Å²) in [4.78, 5) is 15.1. The van der Waals surface area contributed by atoms with Crippen LogP contribution in [0.1, 0.15) is 25.0 Å². The van der Waals surface area contributed by atoms with Gasteiger partial charge in [0.15, 0.2) is 5.65 Å². The molecule has 8 nitrogen and oxygen atoms in total. The highest BCUT2D eigenvalue weighted by molar-refractivity contribution is 5.92. The van der Waals surface area contributed by atoms with Gasteiger partial charge in [0.25, 0.3) is 0 Å². The Morgan fingerprint density at radius 2 is 1.33 bits per heavy atom. The first-order valence-electron chi connectivity index (χ1n) is 16.0. The molecule has 1 aliphatic rings. The Kier molecular flexibility index (Phi) is 5.46. The molecular weight excluding hydrogens is 596 g/mol. The van der Waals surface area contributed by atoms with Crippen LogP contribution in [0.25, 0.3) is 50.4 Å². The number of fused-ring (bicyclic) bond motifs is 9. The smallest absolute Gasteiger partial charge is 0.223 e. The maximum absolute atomic E-state index is 6.65. The molecule has 0 bridgehead atoms. The van der Waals surface area contributed by atoms with E-state index in [4.69, 9.17) is 24.4 Å². The van der Waals surface area contributed by atoms with Crippen LogP contribution in [0.5, 0.6) is 23.4 Å². The molecule has 0 saturated heterocycles. The number of pyridine rings is 2. The molecule has 230 valence electrons. The van der Waals surface area contributed by atoms with Crippen molar-refractivity contribution in [2.24, 2.45) is 0 Å². The van der Waals surface area contributed by atoms with Crippen LogP contribution in [0.15, 0.2) is 133 Å². The van der Waals surface area contributed by atoms with Crippen molar-refractivity contribution < 1.29 is 9.47 Å². The van der Waals surface area contributed by atoms with Gasteiger partial charge in [-0.05, 0) is 54.6 Å². The highest BCUT2D eigenvalue weighted by Crippen LogP contribution is 2.52. The molecule has 8 heteroatoms. The highest BCUT2D eigenvalue weighted by Gasteiger charge is 2.39. The molecule has 48 heavy (non-hydrogen) atoms. The monoisotopic (exact) mass is 624 g/mol. The fourth-order valence-corrected chi connectivity index (χ4v) is 7.27. The van der Waals surface area contributed by atoms with Gasteiger partial charge in [-0.2, -0.15) is 9.97 Å². The minimum absolute atomic E-state index is 0.315. The number of ether oxygens (including phenoxy) is 2. The van der Waals surface area contributed by atoms with E-state index in [1.54, 1.807) is 0 Å². The number of aromatic nitrogens is 6. The van der Waals surface area contributed by atoms with Crippen molar-refractivity contribution in [3.63, 3.8) is 0 Å². The summed E-state index contributed by atoms with van der Waals surface area (Å²) in [6.45, 7) is 4.49. The van der Waals surface area contributed by atoms with Crippen molar-refractivity contribution in [1.29, 1.82) is 0 Å². The molecule has 1 aliphatic heterocycles. The summed E-state index contributed by atoms with van der Waals surface area (Å²) in [6, 6.07) is 44.6. The van der Waals surface area contributed by atoms with E-state index >= 15 is 0 Å². The largest absolute Gasteiger partial charge is 0.440 e. The Morgan fingerprint density at radius 3 is 2.21 bits per heavy atom. The molecule has 4 aromatic carbocycles. The second-order valence-corrected chi connectivity index (χ2v) is 12.6. The quantitative estimate of drug-likeness (QED) is 0.195. The SMILES string of the molecule is CC1(C)c2ccccc2Oc2c1c1ccc(Oc3cccc(-n4c5ccccc5n5c6ccccc6nc45)n3)nc1n2-c1ccccc1. The number of rotatable bonds is 4. The summed E-state index contributed by atoms with van der Waals surface area (Å²) < 4.78 is 19.4. The topological polar surface area (TPSA) is 71.4 Å². The zero-order valence-corrected chi connectivity index (χ0v) is 26.2. The van der Waals surface area contributed by atoms with E-state index in [1.807, 2.05) is 84.9 Å². The normalized spacial score (nSPS) is 13.5. The van der Waals surface area contributed by atoms with Crippen LogP contribution in [0.4, 0.5) is 0 Å². The Morgan fingerprint density at radius 1 is 0.604 bits per heavy atom. The van der Waals surface area contributed by atoms with Crippen molar-refractivity contribution in [1.82, 2.24) is 28.5 Å². The zero-order valence-electron chi connectivity index (χ0n) is 26.2. The predicted molar refractivity (Wildman–Crippen MR) is 187 cm³/mol. The van der Waals surface area contributed by atoms with Gasteiger partial charge in [0.1, 0.15) is 11.6 Å². The van der Waals surface area contributed by atoms with Gasteiger partial charge in [0.05, 0.1) is 27.8 Å². The zero-order chi connectivity index (χ0) is 32.0. The van der Waals surface area contributed by atoms with Gasteiger partial charge >= 0.3 is 0 Å². The Balaban J connectivity index is 1.12. The van der Waals surface area contributed by atoms with Gasteiger partial charge in [0, 0.05) is 34.1 Å². The van der Waals surface area contributed by atoms with Gasteiger partial charge in [-0.3, -0.25) is 13.5 Å². The molecule has 0 fully saturated rings. The van der Waals surface area contributed by atoms with Crippen LogP contribution in [0, 0.1) is 0 Å². The van der Waals surface area contributed by atoms with Crippen molar-refractivity contribution >= 4 is 38.9 Å². The molecule has 0 amide bonds. The number of benzene rings is 4. The molecule has 0 spiro atoms. The minimum atomic E-state index is -0.315. The lowest BCUT2D eigenvalue weighted by Gasteiger charge is -2.33. The number of nitrogens with zero attached hydrogens (tertiary/aromatic N) is 6. The fraction of sp³-hybridized carbons (Fsp3) is 0.0750. The van der Waals surface area contributed by atoms with Gasteiger partial charge in [0.2, 0.25) is 23.4 Å². The third-order valence-corrected chi connectivity index (χ3v) is 9.41. The van der Waals surface area contributed by atoms with E-state index in [0.717, 1.165) is 67.3 Å². The molecule has 10 rings (SSSR count).